The SMILES string of the molecule is CC(C)CC1CCC1N(C)C(C)O. The van der Waals surface area contributed by atoms with E-state index in [0.717, 1.165) is 11.8 Å². The van der Waals surface area contributed by atoms with E-state index in [1.807, 2.05) is 14.0 Å². The molecule has 1 N–H and O–H groups in total. The molecule has 1 rings (SSSR count). The van der Waals surface area contributed by atoms with Crippen LogP contribution in [0.25, 0.3) is 0 Å². The standard InChI is InChI=1S/C11H23NO/c1-8(2)7-10-5-6-11(10)12(4)9(3)13/h8-11,13H,5-7H2,1-4H3. The van der Waals surface area contributed by atoms with E-state index in [9.17, 15) is 5.11 Å². The first kappa shape index (κ1) is 11.0. The zero-order valence-corrected chi connectivity index (χ0v) is 9.33. The Morgan fingerprint density at radius 3 is 2.23 bits per heavy atom. The summed E-state index contributed by atoms with van der Waals surface area (Å²) in [7, 11) is 2.03. The Balaban J connectivity index is 2.35. The molecule has 0 heterocycles. The molecule has 0 aromatic rings. The minimum Gasteiger partial charge on any atom is -0.379 e. The molecule has 1 aliphatic carbocycles. The van der Waals surface area contributed by atoms with Crippen molar-refractivity contribution in [1.82, 2.24) is 4.90 Å². The Bertz CT molecular complexity index is 156. The van der Waals surface area contributed by atoms with E-state index in [2.05, 4.69) is 18.7 Å². The molecule has 3 unspecified atom stereocenters. The van der Waals surface area contributed by atoms with E-state index in [4.69, 9.17) is 0 Å². The highest BCUT2D eigenvalue weighted by atomic mass is 16.3. The number of hydrogen-bond acceptors (Lipinski definition) is 2. The largest absolute Gasteiger partial charge is 0.379 e. The molecule has 2 nitrogen and oxygen atoms in total. The van der Waals surface area contributed by atoms with E-state index in [1.165, 1.54) is 19.3 Å². The molecular formula is C11H23NO. The van der Waals surface area contributed by atoms with E-state index in [1.54, 1.807) is 0 Å². The lowest BCUT2D eigenvalue weighted by Crippen LogP contribution is -2.49. The van der Waals surface area contributed by atoms with Crippen LogP contribution < -0.4 is 0 Å². The average molecular weight is 185 g/mol. The Morgan fingerprint density at radius 1 is 1.31 bits per heavy atom. The third-order valence-corrected chi connectivity index (χ3v) is 3.26. The van der Waals surface area contributed by atoms with E-state index < -0.39 is 0 Å². The number of rotatable bonds is 4. The van der Waals surface area contributed by atoms with Crippen LogP contribution in [0.3, 0.4) is 0 Å². The van der Waals surface area contributed by atoms with Gasteiger partial charge in [-0.2, -0.15) is 0 Å². The predicted molar refractivity (Wildman–Crippen MR) is 55.4 cm³/mol. The van der Waals surface area contributed by atoms with Gasteiger partial charge in [-0.05, 0) is 45.1 Å². The summed E-state index contributed by atoms with van der Waals surface area (Å²) < 4.78 is 0. The number of aliphatic hydroxyl groups excluding tert-OH is 1. The van der Waals surface area contributed by atoms with E-state index in [0.29, 0.717) is 6.04 Å². The van der Waals surface area contributed by atoms with Gasteiger partial charge < -0.3 is 5.11 Å². The lowest BCUT2D eigenvalue weighted by atomic mass is 9.74. The average Bonchev–Trinajstić information content (AvgIpc) is 1.98. The van der Waals surface area contributed by atoms with Gasteiger partial charge in [-0.25, -0.2) is 0 Å². The van der Waals surface area contributed by atoms with Crippen LogP contribution in [0.2, 0.25) is 0 Å². The summed E-state index contributed by atoms with van der Waals surface area (Å²) in [5, 5.41) is 9.43. The Labute approximate surface area is 81.9 Å². The van der Waals surface area contributed by atoms with Gasteiger partial charge >= 0.3 is 0 Å². The molecule has 0 saturated heterocycles. The molecule has 0 aliphatic heterocycles. The van der Waals surface area contributed by atoms with Crippen LogP contribution in [0.5, 0.6) is 0 Å². The number of aliphatic hydroxyl groups is 1. The lowest BCUT2D eigenvalue weighted by molar-refractivity contribution is -0.0458. The van der Waals surface area contributed by atoms with Gasteiger partial charge in [-0.15, -0.1) is 0 Å². The van der Waals surface area contributed by atoms with Gasteiger partial charge in [-0.3, -0.25) is 4.90 Å². The molecule has 2 heteroatoms. The second-order valence-corrected chi connectivity index (χ2v) is 4.83. The Kier molecular flexibility index (Phi) is 3.74. The van der Waals surface area contributed by atoms with Gasteiger partial charge in [0.15, 0.2) is 0 Å². The van der Waals surface area contributed by atoms with Crippen molar-refractivity contribution >= 4 is 0 Å². The number of nitrogens with zero attached hydrogens (tertiary/aromatic N) is 1. The van der Waals surface area contributed by atoms with Crippen molar-refractivity contribution in [2.45, 2.75) is 52.3 Å². The van der Waals surface area contributed by atoms with Crippen molar-refractivity contribution < 1.29 is 5.11 Å². The van der Waals surface area contributed by atoms with E-state index >= 15 is 0 Å². The zero-order chi connectivity index (χ0) is 10.0. The molecule has 78 valence electrons. The van der Waals surface area contributed by atoms with Crippen molar-refractivity contribution in [3.05, 3.63) is 0 Å². The van der Waals surface area contributed by atoms with Crippen LogP contribution >= 0.6 is 0 Å². The highest BCUT2D eigenvalue weighted by molar-refractivity contribution is 4.88. The Hall–Kier alpha value is -0.0800. The van der Waals surface area contributed by atoms with Gasteiger partial charge in [0.2, 0.25) is 0 Å². The normalized spacial score (nSPS) is 30.7. The van der Waals surface area contributed by atoms with Gasteiger partial charge in [0, 0.05) is 6.04 Å². The second-order valence-electron chi connectivity index (χ2n) is 4.83. The van der Waals surface area contributed by atoms with Crippen LogP contribution in [0.4, 0.5) is 0 Å². The van der Waals surface area contributed by atoms with Crippen LogP contribution in [0, 0.1) is 11.8 Å². The third-order valence-electron chi connectivity index (χ3n) is 3.26. The van der Waals surface area contributed by atoms with Crippen molar-refractivity contribution in [2.75, 3.05) is 7.05 Å². The summed E-state index contributed by atoms with van der Waals surface area (Å²) >= 11 is 0. The summed E-state index contributed by atoms with van der Waals surface area (Å²) in [4.78, 5) is 2.11. The maximum atomic E-state index is 9.43. The predicted octanol–water partition coefficient (Wildman–Crippen LogP) is 2.08. The molecule has 13 heavy (non-hydrogen) atoms. The molecule has 1 saturated carbocycles. The second kappa shape index (κ2) is 4.43. The van der Waals surface area contributed by atoms with Crippen LogP contribution in [0.15, 0.2) is 0 Å². The fraction of sp³-hybridized carbons (Fsp3) is 1.00. The molecule has 1 fully saturated rings. The smallest absolute Gasteiger partial charge is 0.104 e. The fourth-order valence-corrected chi connectivity index (χ4v) is 2.25. The summed E-state index contributed by atoms with van der Waals surface area (Å²) in [6.45, 7) is 6.40. The first-order valence-electron chi connectivity index (χ1n) is 5.42. The van der Waals surface area contributed by atoms with Crippen LogP contribution in [-0.2, 0) is 0 Å². The molecule has 3 atom stereocenters. The van der Waals surface area contributed by atoms with Crippen molar-refractivity contribution in [3.63, 3.8) is 0 Å². The number of hydrogen-bond donors (Lipinski definition) is 1. The molecule has 0 spiro atoms. The van der Waals surface area contributed by atoms with Crippen LogP contribution in [-0.4, -0.2) is 29.3 Å². The minimum atomic E-state index is -0.292. The van der Waals surface area contributed by atoms with Gasteiger partial charge in [-0.1, -0.05) is 13.8 Å². The first-order valence-corrected chi connectivity index (χ1v) is 5.42. The maximum Gasteiger partial charge on any atom is 0.104 e. The fourth-order valence-electron chi connectivity index (χ4n) is 2.25. The molecule has 0 radical (unpaired) electrons. The topological polar surface area (TPSA) is 23.5 Å². The quantitative estimate of drug-likeness (QED) is 0.678. The van der Waals surface area contributed by atoms with Gasteiger partial charge in [0.25, 0.3) is 0 Å². The maximum absolute atomic E-state index is 9.43. The molecular weight excluding hydrogens is 162 g/mol. The molecule has 0 aromatic heterocycles. The molecule has 1 aliphatic rings. The van der Waals surface area contributed by atoms with Gasteiger partial charge in [0.05, 0.1) is 0 Å². The van der Waals surface area contributed by atoms with Crippen LogP contribution in [0.1, 0.15) is 40.0 Å². The summed E-state index contributed by atoms with van der Waals surface area (Å²) in [5.41, 5.74) is 0. The highest BCUT2D eigenvalue weighted by Gasteiger charge is 2.35. The first-order chi connectivity index (χ1) is 6.02. The molecule has 0 bridgehead atoms. The third kappa shape index (κ3) is 2.68. The summed E-state index contributed by atoms with van der Waals surface area (Å²) in [6, 6.07) is 0.627. The van der Waals surface area contributed by atoms with Crippen molar-refractivity contribution in [1.29, 1.82) is 0 Å². The zero-order valence-electron chi connectivity index (χ0n) is 9.33. The Morgan fingerprint density at radius 2 is 1.92 bits per heavy atom. The minimum absolute atomic E-state index is 0.292. The molecule has 0 aromatic carbocycles. The lowest BCUT2D eigenvalue weighted by Gasteiger charge is -2.44. The van der Waals surface area contributed by atoms with Gasteiger partial charge in [0.1, 0.15) is 6.23 Å². The van der Waals surface area contributed by atoms with Crippen molar-refractivity contribution in [3.8, 4) is 0 Å². The highest BCUT2D eigenvalue weighted by Crippen LogP contribution is 2.36. The summed E-state index contributed by atoms with van der Waals surface area (Å²) in [5.74, 6) is 1.61. The van der Waals surface area contributed by atoms with E-state index in [-0.39, 0.29) is 6.23 Å². The van der Waals surface area contributed by atoms with Crippen molar-refractivity contribution in [2.24, 2.45) is 11.8 Å². The summed E-state index contributed by atoms with van der Waals surface area (Å²) in [6.07, 6.45) is 3.63. The monoisotopic (exact) mass is 185 g/mol. The molecule has 0 amide bonds.